The molecule has 178 valence electrons. The van der Waals surface area contributed by atoms with Gasteiger partial charge in [0, 0.05) is 46.4 Å². The van der Waals surface area contributed by atoms with Gasteiger partial charge in [0.15, 0.2) is 0 Å². The van der Waals surface area contributed by atoms with Crippen molar-refractivity contribution >= 4 is 57.8 Å². The molecule has 5 rings (SSSR count). The molecule has 4 aromatic rings. The molecule has 0 bridgehead atoms. The Labute approximate surface area is 209 Å². The number of rotatable bonds is 5. The first-order chi connectivity index (χ1) is 17.3. The number of nitro groups is 1. The Morgan fingerprint density at radius 2 is 1.64 bits per heavy atom. The molecule has 0 atom stereocenters. The molecule has 10 heteroatoms. The maximum Gasteiger partial charge on any atom is 0.335 e. The van der Waals surface area contributed by atoms with Crippen LogP contribution in [-0.2, 0) is 16.1 Å². The quantitative estimate of drug-likeness (QED) is 0.181. The fourth-order valence-electron chi connectivity index (χ4n) is 4.08. The van der Waals surface area contributed by atoms with Gasteiger partial charge in [-0.2, -0.15) is 0 Å². The molecule has 1 fully saturated rings. The van der Waals surface area contributed by atoms with E-state index in [0.717, 1.165) is 21.4 Å². The molecule has 1 aliphatic rings. The highest BCUT2D eigenvalue weighted by Gasteiger charge is 2.37. The van der Waals surface area contributed by atoms with Gasteiger partial charge in [-0.25, -0.2) is 9.69 Å². The molecule has 2 heterocycles. The van der Waals surface area contributed by atoms with Crippen molar-refractivity contribution in [2.75, 3.05) is 4.90 Å². The van der Waals surface area contributed by atoms with Crippen molar-refractivity contribution in [2.24, 2.45) is 0 Å². The van der Waals surface area contributed by atoms with E-state index in [2.05, 4.69) is 5.32 Å². The summed E-state index contributed by atoms with van der Waals surface area (Å²) in [4.78, 5) is 49.7. The van der Waals surface area contributed by atoms with Crippen LogP contribution >= 0.6 is 11.6 Å². The smallest absolute Gasteiger partial charge is 0.335 e. The van der Waals surface area contributed by atoms with E-state index >= 15 is 0 Å². The number of anilines is 1. The van der Waals surface area contributed by atoms with Gasteiger partial charge in [0.25, 0.3) is 17.5 Å². The number of carbonyl (C=O) groups is 3. The summed E-state index contributed by atoms with van der Waals surface area (Å²) in [5, 5.41) is 14.4. The summed E-state index contributed by atoms with van der Waals surface area (Å²) in [6.07, 6.45) is 3.25. The predicted octanol–water partition coefficient (Wildman–Crippen LogP) is 4.92. The molecule has 0 spiro atoms. The summed E-state index contributed by atoms with van der Waals surface area (Å²) in [6, 6.07) is 19.0. The van der Waals surface area contributed by atoms with Crippen molar-refractivity contribution < 1.29 is 19.3 Å². The molecule has 3 aromatic carbocycles. The highest BCUT2D eigenvalue weighted by molar-refractivity contribution is 6.39. The van der Waals surface area contributed by atoms with Crippen molar-refractivity contribution in [3.05, 3.63) is 111 Å². The minimum Gasteiger partial charge on any atom is -0.342 e. The summed E-state index contributed by atoms with van der Waals surface area (Å²) in [6.45, 7) is 0.414. The van der Waals surface area contributed by atoms with Gasteiger partial charge in [-0.3, -0.25) is 25.0 Å². The van der Waals surface area contributed by atoms with Gasteiger partial charge in [-0.1, -0.05) is 41.9 Å². The summed E-state index contributed by atoms with van der Waals surface area (Å²) < 4.78 is 1.93. The number of urea groups is 1. The lowest BCUT2D eigenvalue weighted by Crippen LogP contribution is -2.54. The number of benzene rings is 3. The average Bonchev–Trinajstić information content (AvgIpc) is 3.20. The first-order valence-corrected chi connectivity index (χ1v) is 11.2. The molecule has 4 amide bonds. The minimum atomic E-state index is -0.843. The number of aromatic nitrogens is 1. The third-order valence-corrected chi connectivity index (χ3v) is 6.06. The van der Waals surface area contributed by atoms with Crippen LogP contribution in [0.4, 0.5) is 16.2 Å². The summed E-state index contributed by atoms with van der Waals surface area (Å²) in [5.74, 6) is -1.54. The fourth-order valence-corrected chi connectivity index (χ4v) is 4.20. The average molecular weight is 501 g/mol. The van der Waals surface area contributed by atoms with Crippen molar-refractivity contribution in [1.82, 2.24) is 9.88 Å². The minimum absolute atomic E-state index is 0.00292. The zero-order valence-electron chi connectivity index (χ0n) is 18.6. The molecule has 0 aliphatic carbocycles. The second kappa shape index (κ2) is 9.12. The van der Waals surface area contributed by atoms with Crippen LogP contribution in [0.25, 0.3) is 17.0 Å². The van der Waals surface area contributed by atoms with Crippen LogP contribution in [0.15, 0.2) is 84.6 Å². The Bertz CT molecular complexity index is 1570. The molecule has 36 heavy (non-hydrogen) atoms. The largest absolute Gasteiger partial charge is 0.342 e. The van der Waals surface area contributed by atoms with Crippen LogP contribution in [-0.4, -0.2) is 27.3 Å². The monoisotopic (exact) mass is 500 g/mol. The molecular formula is C26H17ClN4O5. The van der Waals surface area contributed by atoms with Crippen molar-refractivity contribution in [2.45, 2.75) is 6.54 Å². The van der Waals surface area contributed by atoms with Crippen LogP contribution in [0, 0.1) is 10.1 Å². The number of carbonyl (C=O) groups excluding carboxylic acids is 3. The summed E-state index contributed by atoms with van der Waals surface area (Å²) in [7, 11) is 0. The molecule has 1 saturated heterocycles. The number of halogens is 1. The van der Waals surface area contributed by atoms with Gasteiger partial charge >= 0.3 is 6.03 Å². The molecule has 1 N–H and O–H groups in total. The summed E-state index contributed by atoms with van der Waals surface area (Å²) >= 11 is 5.92. The van der Waals surface area contributed by atoms with Crippen molar-refractivity contribution in [3.8, 4) is 0 Å². The second-order valence-electron chi connectivity index (χ2n) is 8.09. The topological polar surface area (TPSA) is 115 Å². The molecule has 9 nitrogen and oxygen atoms in total. The van der Waals surface area contributed by atoms with Crippen LogP contribution in [0.2, 0.25) is 5.02 Å². The first kappa shape index (κ1) is 23.0. The SMILES string of the molecule is O=C1NC(=O)N(c2ccc(Cl)cc2)C(=O)C1=Cc1cn(Cc2ccc([N+](=O)[O-])cc2)c2ccccc12. The number of hydrogen-bond donors (Lipinski definition) is 1. The predicted molar refractivity (Wildman–Crippen MR) is 135 cm³/mol. The molecule has 0 saturated carbocycles. The van der Waals surface area contributed by atoms with E-state index in [1.165, 1.54) is 30.3 Å². The molecular weight excluding hydrogens is 484 g/mol. The lowest BCUT2D eigenvalue weighted by molar-refractivity contribution is -0.384. The van der Waals surface area contributed by atoms with E-state index in [4.69, 9.17) is 11.6 Å². The zero-order valence-corrected chi connectivity index (χ0v) is 19.3. The van der Waals surface area contributed by atoms with Crippen LogP contribution in [0.3, 0.4) is 0 Å². The molecule has 0 radical (unpaired) electrons. The Hall–Kier alpha value is -4.76. The van der Waals surface area contributed by atoms with Crippen molar-refractivity contribution in [3.63, 3.8) is 0 Å². The Morgan fingerprint density at radius 1 is 0.944 bits per heavy atom. The molecule has 1 aromatic heterocycles. The lowest BCUT2D eigenvalue weighted by atomic mass is 10.1. The first-order valence-electron chi connectivity index (χ1n) is 10.8. The van der Waals surface area contributed by atoms with Crippen LogP contribution in [0.5, 0.6) is 0 Å². The number of para-hydroxylation sites is 1. The third-order valence-electron chi connectivity index (χ3n) is 5.81. The standard InChI is InChI=1S/C26H17ClN4O5/c27-18-7-11-19(12-8-18)30-25(33)22(24(32)28-26(30)34)13-17-15-29(23-4-2-1-3-21(17)23)14-16-5-9-20(10-6-16)31(35)36/h1-13,15H,14H2,(H,28,32,34). The number of amides is 4. The third kappa shape index (κ3) is 4.23. The highest BCUT2D eigenvalue weighted by Crippen LogP contribution is 2.28. The maximum atomic E-state index is 13.2. The van der Waals surface area contributed by atoms with Crippen molar-refractivity contribution in [1.29, 1.82) is 0 Å². The number of hydrogen-bond acceptors (Lipinski definition) is 5. The van der Waals surface area contributed by atoms with E-state index in [0.29, 0.717) is 17.1 Å². The number of nitro benzene ring substituents is 1. The van der Waals surface area contributed by atoms with Gasteiger partial charge in [-0.05, 0) is 42.0 Å². The van der Waals surface area contributed by atoms with E-state index in [-0.39, 0.29) is 16.9 Å². The van der Waals surface area contributed by atoms with E-state index < -0.39 is 22.8 Å². The second-order valence-corrected chi connectivity index (χ2v) is 8.52. The van der Waals surface area contributed by atoms with Crippen LogP contribution < -0.4 is 10.2 Å². The molecule has 0 unspecified atom stereocenters. The number of fused-ring (bicyclic) bond motifs is 1. The molecule has 1 aliphatic heterocycles. The fraction of sp³-hybridized carbons (Fsp3) is 0.0385. The number of non-ortho nitro benzene ring substituents is 1. The number of imide groups is 2. The lowest BCUT2D eigenvalue weighted by Gasteiger charge is -2.26. The van der Waals surface area contributed by atoms with E-state index in [9.17, 15) is 24.5 Å². The Balaban J connectivity index is 1.53. The van der Waals surface area contributed by atoms with Gasteiger partial charge in [0.05, 0.1) is 10.6 Å². The Morgan fingerprint density at radius 3 is 2.33 bits per heavy atom. The normalized spacial score (nSPS) is 15.0. The highest BCUT2D eigenvalue weighted by atomic mass is 35.5. The van der Waals surface area contributed by atoms with E-state index in [1.54, 1.807) is 30.5 Å². The van der Waals surface area contributed by atoms with Gasteiger partial charge in [-0.15, -0.1) is 0 Å². The van der Waals surface area contributed by atoms with Gasteiger partial charge < -0.3 is 4.57 Å². The summed E-state index contributed by atoms with van der Waals surface area (Å²) in [5.41, 5.74) is 2.38. The maximum absolute atomic E-state index is 13.2. The zero-order chi connectivity index (χ0) is 25.4. The van der Waals surface area contributed by atoms with Gasteiger partial charge in [0.2, 0.25) is 0 Å². The van der Waals surface area contributed by atoms with E-state index in [1.807, 2.05) is 28.8 Å². The van der Waals surface area contributed by atoms with Crippen LogP contribution in [0.1, 0.15) is 11.1 Å². The Kier molecular flexibility index (Phi) is 5.83. The van der Waals surface area contributed by atoms with Gasteiger partial charge in [0.1, 0.15) is 5.57 Å². The number of nitrogens with zero attached hydrogens (tertiary/aromatic N) is 3. The number of nitrogens with one attached hydrogen (secondary N) is 1. The number of barbiturate groups is 1.